The summed E-state index contributed by atoms with van der Waals surface area (Å²) in [7, 11) is 0. The molecule has 0 saturated carbocycles. The average molecular weight is 301 g/mol. The van der Waals surface area contributed by atoms with E-state index in [0.29, 0.717) is 12.2 Å². The number of amides is 1. The van der Waals surface area contributed by atoms with Crippen LogP contribution in [0.5, 0.6) is 0 Å². The van der Waals surface area contributed by atoms with Crippen molar-refractivity contribution in [3.8, 4) is 0 Å². The van der Waals surface area contributed by atoms with Crippen LogP contribution < -0.4 is 5.32 Å². The van der Waals surface area contributed by atoms with Gasteiger partial charge in [-0.3, -0.25) is 9.69 Å². The highest BCUT2D eigenvalue weighted by Crippen LogP contribution is 2.23. The highest BCUT2D eigenvalue weighted by Gasteiger charge is 2.27. The number of likely N-dealkylation sites (tertiary alicyclic amines) is 1. The molecule has 6 heteroatoms. The molecule has 1 saturated heterocycles. The standard InChI is InChI=1S/C14H18ClFN2O2/c1-9(19)10-4-5-18(7-10)8-14(20)17-13-3-2-11(16)6-12(13)15/h2-3,6,9-10,19H,4-5,7-8H2,1H3,(H,17,20). The zero-order valence-electron chi connectivity index (χ0n) is 11.3. The Bertz CT molecular complexity index is 496. The van der Waals surface area contributed by atoms with E-state index in [4.69, 9.17) is 11.6 Å². The number of benzene rings is 1. The predicted octanol–water partition coefficient (Wildman–Crippen LogP) is 2.12. The van der Waals surface area contributed by atoms with Gasteiger partial charge in [0.05, 0.1) is 23.4 Å². The SMILES string of the molecule is CC(O)C1CCN(CC(=O)Nc2ccc(F)cc2Cl)C1. The lowest BCUT2D eigenvalue weighted by Gasteiger charge is -2.17. The van der Waals surface area contributed by atoms with E-state index in [9.17, 15) is 14.3 Å². The van der Waals surface area contributed by atoms with Crippen LogP contribution in [-0.4, -0.2) is 41.7 Å². The molecule has 0 bridgehead atoms. The summed E-state index contributed by atoms with van der Waals surface area (Å²) >= 11 is 5.85. The van der Waals surface area contributed by atoms with Crippen LogP contribution in [0, 0.1) is 11.7 Å². The van der Waals surface area contributed by atoms with Crippen LogP contribution in [0.2, 0.25) is 5.02 Å². The maximum Gasteiger partial charge on any atom is 0.238 e. The summed E-state index contributed by atoms with van der Waals surface area (Å²) in [5, 5.41) is 12.4. The molecule has 1 fully saturated rings. The van der Waals surface area contributed by atoms with Crippen molar-refractivity contribution in [3.05, 3.63) is 29.0 Å². The van der Waals surface area contributed by atoms with Crippen molar-refractivity contribution in [3.63, 3.8) is 0 Å². The number of nitrogens with zero attached hydrogens (tertiary/aromatic N) is 1. The molecule has 1 aliphatic rings. The van der Waals surface area contributed by atoms with Crippen molar-refractivity contribution in [2.75, 3.05) is 25.0 Å². The summed E-state index contributed by atoms with van der Waals surface area (Å²) in [6.07, 6.45) is 0.539. The highest BCUT2D eigenvalue weighted by molar-refractivity contribution is 6.33. The van der Waals surface area contributed by atoms with E-state index in [1.54, 1.807) is 6.92 Å². The van der Waals surface area contributed by atoms with Crippen molar-refractivity contribution >= 4 is 23.2 Å². The van der Waals surface area contributed by atoms with Gasteiger partial charge in [0, 0.05) is 6.54 Å². The summed E-state index contributed by atoms with van der Waals surface area (Å²) in [6.45, 7) is 3.52. The zero-order chi connectivity index (χ0) is 14.7. The van der Waals surface area contributed by atoms with E-state index < -0.39 is 5.82 Å². The van der Waals surface area contributed by atoms with Crippen LogP contribution >= 0.6 is 11.6 Å². The van der Waals surface area contributed by atoms with Crippen molar-refractivity contribution < 1.29 is 14.3 Å². The molecule has 2 rings (SSSR count). The third-order valence-electron chi connectivity index (χ3n) is 3.56. The maximum atomic E-state index is 12.9. The Kier molecular flexibility index (Phi) is 4.96. The predicted molar refractivity (Wildman–Crippen MR) is 76.3 cm³/mol. The molecular formula is C14H18ClFN2O2. The van der Waals surface area contributed by atoms with Crippen molar-refractivity contribution in [2.45, 2.75) is 19.4 Å². The number of nitrogens with one attached hydrogen (secondary N) is 1. The molecule has 1 aromatic rings. The van der Waals surface area contributed by atoms with E-state index in [-0.39, 0.29) is 29.5 Å². The minimum atomic E-state index is -0.438. The van der Waals surface area contributed by atoms with Crippen LogP contribution in [0.1, 0.15) is 13.3 Å². The summed E-state index contributed by atoms with van der Waals surface area (Å²) in [4.78, 5) is 13.9. The minimum absolute atomic E-state index is 0.182. The molecule has 1 heterocycles. The van der Waals surface area contributed by atoms with Crippen LogP contribution in [0.3, 0.4) is 0 Å². The van der Waals surface area contributed by atoms with Gasteiger partial charge in [0.2, 0.25) is 5.91 Å². The Morgan fingerprint density at radius 2 is 2.40 bits per heavy atom. The second-order valence-electron chi connectivity index (χ2n) is 5.20. The van der Waals surface area contributed by atoms with Crippen molar-refractivity contribution in [1.82, 2.24) is 4.90 Å². The first-order chi connectivity index (χ1) is 9.45. The van der Waals surface area contributed by atoms with Gasteiger partial charge in [0.25, 0.3) is 0 Å². The first-order valence-corrected chi connectivity index (χ1v) is 6.99. The van der Waals surface area contributed by atoms with Gasteiger partial charge in [-0.15, -0.1) is 0 Å². The van der Waals surface area contributed by atoms with Crippen molar-refractivity contribution in [1.29, 1.82) is 0 Å². The Balaban J connectivity index is 1.87. The molecule has 20 heavy (non-hydrogen) atoms. The van der Waals surface area contributed by atoms with Crippen LogP contribution in [0.15, 0.2) is 18.2 Å². The Morgan fingerprint density at radius 1 is 1.65 bits per heavy atom. The normalized spacial score (nSPS) is 20.9. The largest absolute Gasteiger partial charge is 0.393 e. The number of aliphatic hydroxyl groups is 1. The first kappa shape index (κ1) is 15.2. The highest BCUT2D eigenvalue weighted by atomic mass is 35.5. The van der Waals surface area contributed by atoms with Gasteiger partial charge in [-0.25, -0.2) is 4.39 Å². The molecule has 2 atom stereocenters. The van der Waals surface area contributed by atoms with Gasteiger partial charge in [0.15, 0.2) is 0 Å². The number of rotatable bonds is 4. The maximum absolute atomic E-state index is 12.9. The molecule has 2 N–H and O–H groups in total. The van der Waals surface area contributed by atoms with Gasteiger partial charge in [0.1, 0.15) is 5.82 Å². The third kappa shape index (κ3) is 3.91. The summed E-state index contributed by atoms with van der Waals surface area (Å²) in [6, 6.07) is 3.86. The lowest BCUT2D eigenvalue weighted by atomic mass is 10.0. The Hall–Kier alpha value is -1.17. The number of carbonyl (C=O) groups excluding carboxylic acids is 1. The smallest absolute Gasteiger partial charge is 0.238 e. The second kappa shape index (κ2) is 6.52. The molecule has 110 valence electrons. The molecule has 0 spiro atoms. The molecule has 4 nitrogen and oxygen atoms in total. The molecule has 0 aliphatic carbocycles. The quantitative estimate of drug-likeness (QED) is 0.895. The van der Waals surface area contributed by atoms with E-state index in [1.807, 2.05) is 4.90 Å². The van der Waals surface area contributed by atoms with Gasteiger partial charge in [-0.05, 0) is 44.0 Å². The Morgan fingerprint density at radius 3 is 3.00 bits per heavy atom. The number of hydrogen-bond donors (Lipinski definition) is 2. The molecule has 1 amide bonds. The van der Waals surface area contributed by atoms with Crippen LogP contribution in [0.4, 0.5) is 10.1 Å². The fourth-order valence-corrected chi connectivity index (χ4v) is 2.60. The first-order valence-electron chi connectivity index (χ1n) is 6.61. The molecule has 1 aromatic carbocycles. The number of halogens is 2. The zero-order valence-corrected chi connectivity index (χ0v) is 12.0. The molecule has 2 unspecified atom stereocenters. The lowest BCUT2D eigenvalue weighted by Crippen LogP contribution is -2.32. The Labute approximate surface area is 122 Å². The molecule has 1 aliphatic heterocycles. The van der Waals surface area contributed by atoms with E-state index in [0.717, 1.165) is 19.0 Å². The second-order valence-corrected chi connectivity index (χ2v) is 5.60. The molecule has 0 aromatic heterocycles. The summed E-state index contributed by atoms with van der Waals surface area (Å²) in [5.74, 6) is -0.408. The summed E-state index contributed by atoms with van der Waals surface area (Å²) < 4.78 is 12.9. The van der Waals surface area contributed by atoms with Gasteiger partial charge >= 0.3 is 0 Å². The third-order valence-corrected chi connectivity index (χ3v) is 3.88. The summed E-state index contributed by atoms with van der Waals surface area (Å²) in [5.41, 5.74) is 0.407. The van der Waals surface area contributed by atoms with Gasteiger partial charge in [-0.2, -0.15) is 0 Å². The molecule has 0 radical (unpaired) electrons. The fourth-order valence-electron chi connectivity index (χ4n) is 2.38. The van der Waals surface area contributed by atoms with Gasteiger partial charge < -0.3 is 10.4 Å². The van der Waals surface area contributed by atoms with Crippen LogP contribution in [0.25, 0.3) is 0 Å². The van der Waals surface area contributed by atoms with Crippen molar-refractivity contribution in [2.24, 2.45) is 5.92 Å². The minimum Gasteiger partial charge on any atom is -0.393 e. The molecular weight excluding hydrogens is 283 g/mol. The van der Waals surface area contributed by atoms with E-state index in [1.165, 1.54) is 12.1 Å². The average Bonchev–Trinajstić information content (AvgIpc) is 2.81. The van der Waals surface area contributed by atoms with Crippen LogP contribution in [-0.2, 0) is 4.79 Å². The van der Waals surface area contributed by atoms with Gasteiger partial charge in [-0.1, -0.05) is 11.6 Å². The number of carbonyl (C=O) groups is 1. The fraction of sp³-hybridized carbons (Fsp3) is 0.500. The number of aliphatic hydroxyl groups excluding tert-OH is 1. The monoisotopic (exact) mass is 300 g/mol. The lowest BCUT2D eigenvalue weighted by molar-refractivity contribution is -0.117. The topological polar surface area (TPSA) is 52.6 Å². The number of anilines is 1. The number of hydrogen-bond acceptors (Lipinski definition) is 3. The van der Waals surface area contributed by atoms with E-state index in [2.05, 4.69) is 5.32 Å². The van der Waals surface area contributed by atoms with E-state index >= 15 is 0 Å².